The molecule has 0 aliphatic heterocycles. The SMILES string of the molecule is CC(C)(C)C(O)CNC(=O)NCc1ccccc1OC1CCC1. The lowest BCUT2D eigenvalue weighted by Gasteiger charge is -2.27. The van der Waals surface area contributed by atoms with Gasteiger partial charge in [-0.2, -0.15) is 0 Å². The molecule has 0 spiro atoms. The van der Waals surface area contributed by atoms with Crippen LogP contribution in [0.1, 0.15) is 45.6 Å². The molecule has 1 saturated carbocycles. The van der Waals surface area contributed by atoms with Gasteiger partial charge in [-0.25, -0.2) is 4.79 Å². The Morgan fingerprint density at radius 1 is 1.30 bits per heavy atom. The van der Waals surface area contributed by atoms with Crippen LogP contribution in [0.2, 0.25) is 0 Å². The maximum atomic E-state index is 11.9. The first kappa shape index (κ1) is 17.6. The standard InChI is InChI=1S/C18H28N2O3/c1-18(2,3)16(21)12-20-17(22)19-11-13-7-4-5-10-15(13)23-14-8-6-9-14/h4-5,7,10,14,16,21H,6,8-9,11-12H2,1-3H3,(H2,19,20,22). The van der Waals surface area contributed by atoms with Gasteiger partial charge in [0.15, 0.2) is 0 Å². The van der Waals surface area contributed by atoms with Crippen molar-refractivity contribution in [2.24, 2.45) is 5.41 Å². The molecule has 0 heterocycles. The van der Waals surface area contributed by atoms with Gasteiger partial charge in [0.25, 0.3) is 0 Å². The van der Waals surface area contributed by atoms with Crippen molar-refractivity contribution in [3.8, 4) is 5.75 Å². The second-order valence-corrected chi connectivity index (χ2v) is 7.22. The van der Waals surface area contributed by atoms with Gasteiger partial charge in [-0.05, 0) is 30.7 Å². The monoisotopic (exact) mass is 320 g/mol. The summed E-state index contributed by atoms with van der Waals surface area (Å²) in [5, 5.41) is 15.4. The second kappa shape index (κ2) is 7.68. The van der Waals surface area contributed by atoms with Crippen LogP contribution in [0.3, 0.4) is 0 Å². The van der Waals surface area contributed by atoms with Crippen molar-refractivity contribution in [2.45, 2.75) is 58.8 Å². The van der Waals surface area contributed by atoms with Crippen molar-refractivity contribution >= 4 is 6.03 Å². The maximum absolute atomic E-state index is 11.9. The number of hydrogen-bond acceptors (Lipinski definition) is 3. The van der Waals surface area contributed by atoms with Crippen LogP contribution in [0.15, 0.2) is 24.3 Å². The Hall–Kier alpha value is -1.75. The molecule has 5 heteroatoms. The number of aliphatic hydroxyl groups is 1. The zero-order chi connectivity index (χ0) is 16.9. The number of urea groups is 1. The van der Waals surface area contributed by atoms with E-state index in [0.29, 0.717) is 12.6 Å². The van der Waals surface area contributed by atoms with Gasteiger partial charge in [-0.1, -0.05) is 39.0 Å². The predicted octanol–water partition coefficient (Wildman–Crippen LogP) is 2.82. The van der Waals surface area contributed by atoms with Gasteiger partial charge in [-0.3, -0.25) is 0 Å². The van der Waals surface area contributed by atoms with Crippen LogP contribution >= 0.6 is 0 Å². The van der Waals surface area contributed by atoms with Crippen molar-refractivity contribution in [1.82, 2.24) is 10.6 Å². The fourth-order valence-corrected chi connectivity index (χ4v) is 2.17. The minimum atomic E-state index is -0.581. The quantitative estimate of drug-likeness (QED) is 0.755. The van der Waals surface area contributed by atoms with Crippen molar-refractivity contribution in [2.75, 3.05) is 6.54 Å². The number of ether oxygens (including phenoxy) is 1. The Morgan fingerprint density at radius 2 is 2.00 bits per heavy atom. The molecule has 1 atom stereocenters. The van der Waals surface area contributed by atoms with Crippen LogP contribution < -0.4 is 15.4 Å². The third-order valence-corrected chi connectivity index (χ3v) is 4.21. The summed E-state index contributed by atoms with van der Waals surface area (Å²) in [4.78, 5) is 11.9. The number of nitrogens with one attached hydrogen (secondary N) is 2. The van der Waals surface area contributed by atoms with Crippen molar-refractivity contribution in [1.29, 1.82) is 0 Å². The van der Waals surface area contributed by atoms with Crippen LogP contribution in [0.4, 0.5) is 4.79 Å². The minimum absolute atomic E-state index is 0.232. The van der Waals surface area contributed by atoms with Gasteiger partial charge < -0.3 is 20.5 Å². The zero-order valence-electron chi connectivity index (χ0n) is 14.3. The Morgan fingerprint density at radius 3 is 2.61 bits per heavy atom. The fraction of sp³-hybridized carbons (Fsp3) is 0.611. The van der Waals surface area contributed by atoms with E-state index in [9.17, 15) is 9.90 Å². The lowest BCUT2D eigenvalue weighted by Crippen LogP contribution is -2.43. The van der Waals surface area contributed by atoms with Crippen molar-refractivity contribution in [3.63, 3.8) is 0 Å². The van der Waals surface area contributed by atoms with E-state index >= 15 is 0 Å². The summed E-state index contributed by atoms with van der Waals surface area (Å²) in [6.07, 6.45) is 3.16. The number of carbonyl (C=O) groups is 1. The van der Waals surface area contributed by atoms with Gasteiger partial charge in [-0.15, -0.1) is 0 Å². The number of amides is 2. The molecule has 2 rings (SSSR count). The van der Waals surface area contributed by atoms with E-state index in [-0.39, 0.29) is 18.0 Å². The molecule has 0 bridgehead atoms. The molecule has 0 radical (unpaired) electrons. The molecule has 2 amide bonds. The van der Waals surface area contributed by atoms with Gasteiger partial charge in [0.2, 0.25) is 0 Å². The summed E-state index contributed by atoms with van der Waals surface area (Å²) in [5.74, 6) is 0.840. The van der Waals surface area contributed by atoms with E-state index in [2.05, 4.69) is 10.6 Å². The molecule has 1 aliphatic rings. The van der Waals surface area contributed by atoms with Crippen LogP contribution in [0.25, 0.3) is 0 Å². The molecule has 3 N–H and O–H groups in total. The Bertz CT molecular complexity index is 521. The minimum Gasteiger partial charge on any atom is -0.490 e. The topological polar surface area (TPSA) is 70.6 Å². The largest absolute Gasteiger partial charge is 0.490 e. The van der Waals surface area contributed by atoms with E-state index in [1.54, 1.807) is 0 Å². The molecule has 1 aromatic carbocycles. The summed E-state index contributed by atoms with van der Waals surface area (Å²) < 4.78 is 5.94. The number of carbonyl (C=O) groups excluding carboxylic acids is 1. The normalized spacial score (nSPS) is 16.3. The Balaban J connectivity index is 1.80. The molecular formula is C18H28N2O3. The van der Waals surface area contributed by atoms with Gasteiger partial charge in [0, 0.05) is 18.7 Å². The lowest BCUT2D eigenvalue weighted by molar-refractivity contribution is 0.0650. The third kappa shape index (κ3) is 5.43. The number of rotatable bonds is 6. The maximum Gasteiger partial charge on any atom is 0.315 e. The second-order valence-electron chi connectivity index (χ2n) is 7.22. The molecule has 1 aromatic rings. The lowest BCUT2D eigenvalue weighted by atomic mass is 9.89. The van der Waals surface area contributed by atoms with Crippen LogP contribution in [0, 0.1) is 5.41 Å². The summed E-state index contributed by atoms with van der Waals surface area (Å²) in [6.45, 7) is 6.44. The number of aliphatic hydroxyl groups excluding tert-OH is 1. The van der Waals surface area contributed by atoms with E-state index in [1.807, 2.05) is 45.0 Å². The van der Waals surface area contributed by atoms with E-state index in [0.717, 1.165) is 24.2 Å². The summed E-state index contributed by atoms with van der Waals surface area (Å²) in [6, 6.07) is 7.49. The average Bonchev–Trinajstić information content (AvgIpc) is 2.46. The highest BCUT2D eigenvalue weighted by atomic mass is 16.5. The highest BCUT2D eigenvalue weighted by molar-refractivity contribution is 5.73. The van der Waals surface area contributed by atoms with Crippen LogP contribution in [-0.4, -0.2) is 29.9 Å². The van der Waals surface area contributed by atoms with E-state index < -0.39 is 6.10 Å². The summed E-state index contributed by atoms with van der Waals surface area (Å²) in [5.41, 5.74) is 0.710. The molecule has 0 aromatic heterocycles. The molecule has 1 aliphatic carbocycles. The molecule has 5 nitrogen and oxygen atoms in total. The Labute approximate surface area is 138 Å². The molecule has 0 saturated heterocycles. The first-order valence-electron chi connectivity index (χ1n) is 8.30. The smallest absolute Gasteiger partial charge is 0.315 e. The number of hydrogen-bond donors (Lipinski definition) is 3. The third-order valence-electron chi connectivity index (χ3n) is 4.21. The highest BCUT2D eigenvalue weighted by Gasteiger charge is 2.22. The molecule has 1 unspecified atom stereocenters. The van der Waals surface area contributed by atoms with E-state index in [1.165, 1.54) is 6.42 Å². The number of benzene rings is 1. The first-order valence-corrected chi connectivity index (χ1v) is 8.30. The fourth-order valence-electron chi connectivity index (χ4n) is 2.17. The van der Waals surface area contributed by atoms with Gasteiger partial charge in [0.05, 0.1) is 12.2 Å². The van der Waals surface area contributed by atoms with E-state index in [4.69, 9.17) is 4.74 Å². The van der Waals surface area contributed by atoms with Crippen molar-refractivity contribution < 1.29 is 14.6 Å². The van der Waals surface area contributed by atoms with Crippen LogP contribution in [-0.2, 0) is 6.54 Å². The molecule has 23 heavy (non-hydrogen) atoms. The molecule has 128 valence electrons. The first-order chi connectivity index (χ1) is 10.9. The van der Waals surface area contributed by atoms with Gasteiger partial charge >= 0.3 is 6.03 Å². The number of para-hydroxylation sites is 1. The zero-order valence-corrected chi connectivity index (χ0v) is 14.3. The molecule has 1 fully saturated rings. The highest BCUT2D eigenvalue weighted by Crippen LogP contribution is 2.27. The average molecular weight is 320 g/mol. The summed E-state index contributed by atoms with van der Waals surface area (Å²) in [7, 11) is 0. The summed E-state index contributed by atoms with van der Waals surface area (Å²) >= 11 is 0. The molecular weight excluding hydrogens is 292 g/mol. The Kier molecular flexibility index (Phi) is 5.88. The van der Waals surface area contributed by atoms with Gasteiger partial charge in [0.1, 0.15) is 5.75 Å². The predicted molar refractivity (Wildman–Crippen MR) is 90.4 cm³/mol. The van der Waals surface area contributed by atoms with Crippen molar-refractivity contribution in [3.05, 3.63) is 29.8 Å². The van der Waals surface area contributed by atoms with Crippen LogP contribution in [0.5, 0.6) is 5.75 Å².